The van der Waals surface area contributed by atoms with Gasteiger partial charge in [0.05, 0.1) is 19.3 Å². The number of rotatable bonds is 2. The van der Waals surface area contributed by atoms with Crippen LogP contribution in [0.3, 0.4) is 0 Å². The molecule has 0 radical (unpaired) electrons. The summed E-state index contributed by atoms with van der Waals surface area (Å²) >= 11 is 1.56. The number of hydrogen-bond acceptors (Lipinski definition) is 4. The molecule has 2 heterocycles. The van der Waals surface area contributed by atoms with Gasteiger partial charge in [-0.2, -0.15) is 5.10 Å². The lowest BCUT2D eigenvalue weighted by Crippen LogP contribution is -2.22. The Morgan fingerprint density at radius 3 is 3.06 bits per heavy atom. The van der Waals surface area contributed by atoms with Crippen molar-refractivity contribution in [3.05, 3.63) is 50.1 Å². The predicted octanol–water partition coefficient (Wildman–Crippen LogP) is 0.972. The first-order chi connectivity index (χ1) is 8.69. The Morgan fingerprint density at radius 1 is 1.50 bits per heavy atom. The van der Waals surface area contributed by atoms with Crippen molar-refractivity contribution in [3.8, 4) is 11.8 Å². The van der Waals surface area contributed by atoms with E-state index in [2.05, 4.69) is 16.9 Å². The molecular formula is C13H13N3OS. The number of aromatic nitrogens is 2. The third kappa shape index (κ3) is 3.06. The van der Waals surface area contributed by atoms with E-state index < -0.39 is 0 Å². The van der Waals surface area contributed by atoms with Crippen LogP contribution in [-0.2, 0) is 6.54 Å². The van der Waals surface area contributed by atoms with Crippen LogP contribution in [0, 0.1) is 18.8 Å². The van der Waals surface area contributed by atoms with Crippen molar-refractivity contribution < 1.29 is 0 Å². The first-order valence-corrected chi connectivity index (χ1v) is 6.37. The standard InChI is InChI=1S/C13H13N3OS/c1-10-5-13(17)16(15-7-10)8-12-6-11(9-18-12)3-2-4-14/h5-7,9H,4,8,14H2,1H3. The molecule has 2 N–H and O–H groups in total. The van der Waals surface area contributed by atoms with Crippen molar-refractivity contribution in [2.24, 2.45) is 5.73 Å². The van der Waals surface area contributed by atoms with Crippen molar-refractivity contribution >= 4 is 11.3 Å². The van der Waals surface area contributed by atoms with E-state index in [0.29, 0.717) is 13.1 Å². The number of nitrogens with zero attached hydrogens (tertiary/aromatic N) is 2. The molecule has 0 aromatic carbocycles. The van der Waals surface area contributed by atoms with Crippen LogP contribution in [0.15, 0.2) is 28.5 Å². The smallest absolute Gasteiger partial charge is 0.267 e. The zero-order chi connectivity index (χ0) is 13.0. The Morgan fingerprint density at radius 2 is 2.33 bits per heavy atom. The number of thiophene rings is 1. The van der Waals surface area contributed by atoms with E-state index in [0.717, 1.165) is 16.0 Å². The van der Waals surface area contributed by atoms with Gasteiger partial charge < -0.3 is 5.73 Å². The van der Waals surface area contributed by atoms with E-state index in [1.807, 2.05) is 18.4 Å². The van der Waals surface area contributed by atoms with E-state index >= 15 is 0 Å². The molecule has 0 saturated heterocycles. The maximum Gasteiger partial charge on any atom is 0.267 e. The van der Waals surface area contributed by atoms with Crippen LogP contribution in [0.4, 0.5) is 0 Å². The van der Waals surface area contributed by atoms with Crippen LogP contribution in [0.2, 0.25) is 0 Å². The Balaban J connectivity index is 2.19. The van der Waals surface area contributed by atoms with E-state index in [1.54, 1.807) is 23.6 Å². The lowest BCUT2D eigenvalue weighted by Gasteiger charge is -2.01. The zero-order valence-corrected chi connectivity index (χ0v) is 10.8. The summed E-state index contributed by atoms with van der Waals surface area (Å²) in [6, 6.07) is 3.54. The Labute approximate surface area is 109 Å². The van der Waals surface area contributed by atoms with Crippen molar-refractivity contribution in [3.63, 3.8) is 0 Å². The molecule has 0 aliphatic rings. The molecule has 5 heteroatoms. The quantitative estimate of drug-likeness (QED) is 0.818. The second-order valence-corrected chi connectivity index (χ2v) is 4.83. The molecule has 4 nitrogen and oxygen atoms in total. The fourth-order valence-electron chi connectivity index (χ4n) is 1.47. The molecule has 0 aliphatic heterocycles. The monoisotopic (exact) mass is 259 g/mol. The van der Waals surface area contributed by atoms with E-state index in [9.17, 15) is 4.79 Å². The van der Waals surface area contributed by atoms with Crippen LogP contribution in [-0.4, -0.2) is 16.3 Å². The SMILES string of the molecule is Cc1cnn(Cc2cc(C#CCN)cs2)c(=O)c1. The molecule has 0 saturated carbocycles. The van der Waals surface area contributed by atoms with Crippen LogP contribution < -0.4 is 11.3 Å². The van der Waals surface area contributed by atoms with Gasteiger partial charge >= 0.3 is 0 Å². The van der Waals surface area contributed by atoms with Gasteiger partial charge in [-0.05, 0) is 18.6 Å². The minimum absolute atomic E-state index is 0.0852. The average Bonchev–Trinajstić information content (AvgIpc) is 2.78. The average molecular weight is 259 g/mol. The van der Waals surface area contributed by atoms with Gasteiger partial charge in [0.2, 0.25) is 0 Å². The normalized spacial score (nSPS) is 9.89. The highest BCUT2D eigenvalue weighted by atomic mass is 32.1. The van der Waals surface area contributed by atoms with Gasteiger partial charge in [0.1, 0.15) is 0 Å². The van der Waals surface area contributed by atoms with Gasteiger partial charge in [-0.3, -0.25) is 4.79 Å². The Kier molecular flexibility index (Phi) is 3.92. The fraction of sp³-hybridized carbons (Fsp3) is 0.231. The molecular weight excluding hydrogens is 246 g/mol. The van der Waals surface area contributed by atoms with Crippen LogP contribution in [0.25, 0.3) is 0 Å². The van der Waals surface area contributed by atoms with Gasteiger partial charge in [0, 0.05) is 21.9 Å². The number of aryl methyl sites for hydroxylation is 1. The van der Waals surface area contributed by atoms with Crippen molar-refractivity contribution in [2.75, 3.05) is 6.54 Å². The van der Waals surface area contributed by atoms with E-state index in [1.165, 1.54) is 4.68 Å². The van der Waals surface area contributed by atoms with Gasteiger partial charge in [0.25, 0.3) is 5.56 Å². The number of hydrogen-bond donors (Lipinski definition) is 1. The first-order valence-electron chi connectivity index (χ1n) is 5.49. The second kappa shape index (κ2) is 5.63. The molecule has 2 rings (SSSR count). The van der Waals surface area contributed by atoms with Gasteiger partial charge in [-0.25, -0.2) is 4.68 Å². The summed E-state index contributed by atoms with van der Waals surface area (Å²) in [5, 5.41) is 6.05. The van der Waals surface area contributed by atoms with Gasteiger partial charge in [-0.1, -0.05) is 11.8 Å². The topological polar surface area (TPSA) is 60.9 Å². The Hall–Kier alpha value is -1.90. The van der Waals surface area contributed by atoms with Crippen LogP contribution in [0.5, 0.6) is 0 Å². The minimum Gasteiger partial charge on any atom is -0.320 e. The molecule has 0 fully saturated rings. The minimum atomic E-state index is -0.0852. The third-order valence-electron chi connectivity index (χ3n) is 2.30. The van der Waals surface area contributed by atoms with Gasteiger partial charge in [-0.15, -0.1) is 11.3 Å². The first kappa shape index (κ1) is 12.6. The van der Waals surface area contributed by atoms with Crippen LogP contribution in [0.1, 0.15) is 16.0 Å². The lowest BCUT2D eigenvalue weighted by atomic mass is 10.3. The predicted molar refractivity (Wildman–Crippen MR) is 72.6 cm³/mol. The summed E-state index contributed by atoms with van der Waals surface area (Å²) in [5.41, 5.74) is 7.03. The summed E-state index contributed by atoms with van der Waals surface area (Å²) in [6.45, 7) is 2.68. The summed E-state index contributed by atoms with van der Waals surface area (Å²) in [7, 11) is 0. The Bertz CT molecular complexity index is 661. The summed E-state index contributed by atoms with van der Waals surface area (Å²) < 4.78 is 1.44. The second-order valence-electron chi connectivity index (χ2n) is 3.84. The molecule has 0 unspecified atom stereocenters. The highest BCUT2D eigenvalue weighted by molar-refractivity contribution is 7.10. The molecule has 0 bridgehead atoms. The number of nitrogens with two attached hydrogens (primary N) is 1. The largest absolute Gasteiger partial charge is 0.320 e. The van der Waals surface area contributed by atoms with Crippen molar-refractivity contribution in [1.29, 1.82) is 0 Å². The van der Waals surface area contributed by atoms with Crippen molar-refractivity contribution in [1.82, 2.24) is 9.78 Å². The molecule has 0 aliphatic carbocycles. The highest BCUT2D eigenvalue weighted by Crippen LogP contribution is 2.14. The summed E-state index contributed by atoms with van der Waals surface area (Å²) in [6.07, 6.45) is 1.68. The van der Waals surface area contributed by atoms with Gasteiger partial charge in [0.15, 0.2) is 0 Å². The van der Waals surface area contributed by atoms with Crippen LogP contribution >= 0.6 is 11.3 Å². The highest BCUT2D eigenvalue weighted by Gasteiger charge is 2.02. The zero-order valence-electron chi connectivity index (χ0n) is 10.0. The maximum atomic E-state index is 11.7. The molecule has 18 heavy (non-hydrogen) atoms. The third-order valence-corrected chi connectivity index (χ3v) is 3.22. The fourth-order valence-corrected chi connectivity index (χ4v) is 2.27. The summed E-state index contributed by atoms with van der Waals surface area (Å²) in [5.74, 6) is 5.76. The maximum absolute atomic E-state index is 11.7. The lowest BCUT2D eigenvalue weighted by molar-refractivity contribution is 0.642. The summed E-state index contributed by atoms with van der Waals surface area (Å²) in [4.78, 5) is 12.7. The van der Waals surface area contributed by atoms with E-state index in [4.69, 9.17) is 5.73 Å². The molecule has 0 atom stereocenters. The molecule has 92 valence electrons. The molecule has 2 aromatic heterocycles. The molecule has 0 amide bonds. The van der Waals surface area contributed by atoms with Crippen molar-refractivity contribution in [2.45, 2.75) is 13.5 Å². The molecule has 0 spiro atoms. The van der Waals surface area contributed by atoms with E-state index in [-0.39, 0.29) is 5.56 Å². The molecule has 2 aromatic rings.